The Morgan fingerprint density at radius 2 is 1.88 bits per heavy atom. The summed E-state index contributed by atoms with van der Waals surface area (Å²) in [5.41, 5.74) is 0.496. The number of nitro groups is 1. The van der Waals surface area contributed by atoms with Gasteiger partial charge in [-0.1, -0.05) is 18.2 Å². The molecule has 0 saturated carbocycles. The van der Waals surface area contributed by atoms with Gasteiger partial charge in [-0.2, -0.15) is 0 Å². The van der Waals surface area contributed by atoms with Gasteiger partial charge >= 0.3 is 6.09 Å². The SMILES string of the molecule is O=C(O)Nc1cccc(CNS(=O)(=O)c2cccc([N+](=O)[O-])c2)c1. The average Bonchev–Trinajstić information content (AvgIpc) is 2.53. The molecule has 2 rings (SSSR count). The number of benzene rings is 2. The Kier molecular flexibility index (Phi) is 5.11. The Morgan fingerprint density at radius 3 is 2.54 bits per heavy atom. The number of non-ortho nitro benzene ring substituents is 1. The van der Waals surface area contributed by atoms with E-state index in [1.54, 1.807) is 12.1 Å². The number of amides is 1. The zero-order valence-corrected chi connectivity index (χ0v) is 13.0. The van der Waals surface area contributed by atoms with E-state index in [0.717, 1.165) is 6.07 Å². The maximum atomic E-state index is 12.2. The first-order chi connectivity index (χ1) is 11.3. The highest BCUT2D eigenvalue weighted by Crippen LogP contribution is 2.18. The minimum atomic E-state index is -3.94. The highest BCUT2D eigenvalue weighted by molar-refractivity contribution is 7.89. The summed E-state index contributed by atoms with van der Waals surface area (Å²) in [5.74, 6) is 0. The van der Waals surface area contributed by atoms with Crippen LogP contribution in [0.1, 0.15) is 5.56 Å². The minimum Gasteiger partial charge on any atom is -0.465 e. The molecule has 126 valence electrons. The van der Waals surface area contributed by atoms with Crippen molar-refractivity contribution in [3.63, 3.8) is 0 Å². The number of hydrogen-bond acceptors (Lipinski definition) is 5. The lowest BCUT2D eigenvalue weighted by Crippen LogP contribution is -2.23. The zero-order chi connectivity index (χ0) is 17.7. The molecule has 0 saturated heterocycles. The van der Waals surface area contributed by atoms with Crippen molar-refractivity contribution < 1.29 is 23.2 Å². The molecule has 0 bridgehead atoms. The van der Waals surface area contributed by atoms with E-state index in [1.165, 1.54) is 30.3 Å². The number of carboxylic acid groups (broad SMARTS) is 1. The van der Waals surface area contributed by atoms with Crippen molar-refractivity contribution in [1.29, 1.82) is 0 Å². The minimum absolute atomic E-state index is 0.0971. The van der Waals surface area contributed by atoms with Crippen LogP contribution >= 0.6 is 0 Å². The highest BCUT2D eigenvalue weighted by Gasteiger charge is 2.17. The van der Waals surface area contributed by atoms with Crippen LogP contribution in [-0.2, 0) is 16.6 Å². The fourth-order valence-corrected chi connectivity index (χ4v) is 2.97. The molecule has 9 nitrogen and oxygen atoms in total. The van der Waals surface area contributed by atoms with Gasteiger partial charge in [0.15, 0.2) is 0 Å². The lowest BCUT2D eigenvalue weighted by atomic mass is 10.2. The second-order valence-corrected chi connectivity index (χ2v) is 6.48. The standard InChI is InChI=1S/C14H13N3O6S/c18-14(19)16-11-4-1-3-10(7-11)9-15-24(22,23)13-6-2-5-12(8-13)17(20)21/h1-8,15-16H,9H2,(H,18,19). The van der Waals surface area contributed by atoms with Gasteiger partial charge in [0.2, 0.25) is 10.0 Å². The molecule has 1 amide bonds. The van der Waals surface area contributed by atoms with Gasteiger partial charge in [0.05, 0.1) is 9.82 Å². The van der Waals surface area contributed by atoms with Gasteiger partial charge in [-0.15, -0.1) is 0 Å². The number of sulfonamides is 1. The van der Waals surface area contributed by atoms with Crippen LogP contribution < -0.4 is 10.0 Å². The van der Waals surface area contributed by atoms with E-state index in [2.05, 4.69) is 10.0 Å². The van der Waals surface area contributed by atoms with Crippen LogP contribution in [0.15, 0.2) is 53.4 Å². The molecule has 0 unspecified atom stereocenters. The molecule has 0 spiro atoms. The molecule has 3 N–H and O–H groups in total. The largest absolute Gasteiger partial charge is 0.465 e. The summed E-state index contributed by atoms with van der Waals surface area (Å²) in [4.78, 5) is 20.4. The molecule has 0 heterocycles. The van der Waals surface area contributed by atoms with Crippen molar-refractivity contribution in [1.82, 2.24) is 4.72 Å². The van der Waals surface area contributed by atoms with Crippen LogP contribution in [0.3, 0.4) is 0 Å². The Balaban J connectivity index is 2.14. The van der Waals surface area contributed by atoms with Crippen molar-refractivity contribution in [3.05, 3.63) is 64.2 Å². The topological polar surface area (TPSA) is 139 Å². The van der Waals surface area contributed by atoms with E-state index in [-0.39, 0.29) is 17.1 Å². The molecule has 2 aromatic carbocycles. The van der Waals surface area contributed by atoms with Gasteiger partial charge in [-0.25, -0.2) is 17.9 Å². The second kappa shape index (κ2) is 7.06. The predicted molar refractivity (Wildman–Crippen MR) is 85.2 cm³/mol. The third kappa shape index (κ3) is 4.51. The summed E-state index contributed by atoms with van der Waals surface area (Å²) in [7, 11) is -3.94. The van der Waals surface area contributed by atoms with Crippen LogP contribution in [0.5, 0.6) is 0 Å². The van der Waals surface area contributed by atoms with Crippen LogP contribution in [-0.4, -0.2) is 24.5 Å². The molecule has 10 heteroatoms. The third-order valence-corrected chi connectivity index (χ3v) is 4.38. The summed E-state index contributed by atoms with van der Waals surface area (Å²) < 4.78 is 26.7. The molecular formula is C14H13N3O6S. The van der Waals surface area contributed by atoms with Crippen molar-refractivity contribution in [2.45, 2.75) is 11.4 Å². The van der Waals surface area contributed by atoms with Gasteiger partial charge < -0.3 is 5.11 Å². The number of nitro benzene ring substituents is 1. The highest BCUT2D eigenvalue weighted by atomic mass is 32.2. The van der Waals surface area contributed by atoms with Crippen LogP contribution in [0.25, 0.3) is 0 Å². The van der Waals surface area contributed by atoms with Crippen LogP contribution in [0.2, 0.25) is 0 Å². The normalized spacial score (nSPS) is 11.0. The van der Waals surface area contributed by atoms with Gasteiger partial charge in [0, 0.05) is 24.4 Å². The van der Waals surface area contributed by atoms with E-state index >= 15 is 0 Å². The Morgan fingerprint density at radius 1 is 1.17 bits per heavy atom. The first kappa shape index (κ1) is 17.4. The molecular weight excluding hydrogens is 338 g/mol. The number of carbonyl (C=O) groups is 1. The Bertz CT molecular complexity index is 882. The van der Waals surface area contributed by atoms with Crippen molar-refractivity contribution >= 4 is 27.5 Å². The fraction of sp³-hybridized carbons (Fsp3) is 0.0714. The number of rotatable bonds is 6. The molecule has 0 radical (unpaired) electrons. The molecule has 0 aliphatic heterocycles. The lowest BCUT2D eigenvalue weighted by molar-refractivity contribution is -0.385. The molecule has 0 fully saturated rings. The van der Waals surface area contributed by atoms with Gasteiger partial charge in [-0.05, 0) is 23.8 Å². The lowest BCUT2D eigenvalue weighted by Gasteiger charge is -2.08. The monoisotopic (exact) mass is 351 g/mol. The van der Waals surface area contributed by atoms with Gasteiger partial charge in [0.25, 0.3) is 5.69 Å². The maximum absolute atomic E-state index is 12.2. The predicted octanol–water partition coefficient (Wildman–Crippen LogP) is 2.16. The smallest absolute Gasteiger partial charge is 0.409 e. The molecule has 0 aliphatic rings. The summed E-state index contributed by atoms with van der Waals surface area (Å²) in [5, 5.41) is 21.5. The first-order valence-electron chi connectivity index (χ1n) is 6.61. The Labute approximate surface area is 137 Å². The Hall–Kier alpha value is -2.98. The van der Waals surface area contributed by atoms with E-state index in [1.807, 2.05) is 0 Å². The van der Waals surface area contributed by atoms with Crippen molar-refractivity contribution in [2.75, 3.05) is 5.32 Å². The average molecular weight is 351 g/mol. The van der Waals surface area contributed by atoms with E-state index < -0.39 is 21.0 Å². The first-order valence-corrected chi connectivity index (χ1v) is 8.09. The van der Waals surface area contributed by atoms with Crippen molar-refractivity contribution in [3.8, 4) is 0 Å². The van der Waals surface area contributed by atoms with Gasteiger partial charge in [-0.3, -0.25) is 15.4 Å². The van der Waals surface area contributed by atoms with Crippen LogP contribution in [0.4, 0.5) is 16.2 Å². The molecule has 2 aromatic rings. The summed E-state index contributed by atoms with van der Waals surface area (Å²) in [6, 6.07) is 10.9. The molecule has 0 aliphatic carbocycles. The number of anilines is 1. The van der Waals surface area contributed by atoms with Gasteiger partial charge in [0.1, 0.15) is 0 Å². The van der Waals surface area contributed by atoms with E-state index in [4.69, 9.17) is 5.11 Å². The zero-order valence-electron chi connectivity index (χ0n) is 12.2. The third-order valence-electron chi connectivity index (χ3n) is 2.98. The number of hydrogen-bond donors (Lipinski definition) is 3. The quantitative estimate of drug-likeness (QED) is 0.538. The van der Waals surface area contributed by atoms with E-state index in [0.29, 0.717) is 11.3 Å². The molecule has 0 aromatic heterocycles. The molecule has 0 atom stereocenters. The molecule has 24 heavy (non-hydrogen) atoms. The van der Waals surface area contributed by atoms with Crippen LogP contribution in [0, 0.1) is 10.1 Å². The number of nitrogens with zero attached hydrogens (tertiary/aromatic N) is 1. The summed E-state index contributed by atoms with van der Waals surface area (Å²) in [6.45, 7) is -0.0971. The van der Waals surface area contributed by atoms with Crippen molar-refractivity contribution in [2.24, 2.45) is 0 Å². The second-order valence-electron chi connectivity index (χ2n) is 4.71. The summed E-state index contributed by atoms with van der Waals surface area (Å²) in [6.07, 6.45) is -1.23. The fourth-order valence-electron chi connectivity index (χ4n) is 1.91. The maximum Gasteiger partial charge on any atom is 0.409 e. The number of nitrogens with one attached hydrogen (secondary N) is 2. The summed E-state index contributed by atoms with van der Waals surface area (Å²) >= 11 is 0. The van der Waals surface area contributed by atoms with E-state index in [9.17, 15) is 23.3 Å².